The van der Waals surface area contributed by atoms with Crippen LogP contribution in [0.5, 0.6) is 0 Å². The van der Waals surface area contributed by atoms with Crippen LogP contribution in [-0.2, 0) is 9.53 Å². The summed E-state index contributed by atoms with van der Waals surface area (Å²) in [4.78, 5) is 27.1. The molecule has 0 radical (unpaired) electrons. The van der Waals surface area contributed by atoms with Crippen LogP contribution in [0.3, 0.4) is 0 Å². The van der Waals surface area contributed by atoms with Crippen LogP contribution in [-0.4, -0.2) is 67.7 Å². The van der Waals surface area contributed by atoms with E-state index in [1.165, 1.54) is 0 Å². The van der Waals surface area contributed by atoms with Gasteiger partial charge in [-0.2, -0.15) is 0 Å². The van der Waals surface area contributed by atoms with E-state index >= 15 is 0 Å². The van der Waals surface area contributed by atoms with Gasteiger partial charge >= 0.3 is 6.09 Å². The summed E-state index contributed by atoms with van der Waals surface area (Å²) in [5, 5.41) is 2.93. The van der Waals surface area contributed by atoms with Crippen LogP contribution in [0.15, 0.2) is 0 Å². The lowest BCUT2D eigenvalue weighted by molar-refractivity contribution is -0.122. The zero-order valence-electron chi connectivity index (χ0n) is 12.9. The van der Waals surface area contributed by atoms with E-state index in [2.05, 4.69) is 24.1 Å². The van der Waals surface area contributed by atoms with Gasteiger partial charge in [0.15, 0.2) is 0 Å². The average molecular weight is 285 g/mol. The second kappa shape index (κ2) is 8.79. The molecule has 0 spiro atoms. The van der Waals surface area contributed by atoms with Crippen LogP contribution in [0.4, 0.5) is 4.79 Å². The van der Waals surface area contributed by atoms with Crippen molar-refractivity contribution in [2.75, 3.05) is 45.9 Å². The lowest BCUT2D eigenvalue weighted by Crippen LogP contribution is -2.51. The van der Waals surface area contributed by atoms with Crippen molar-refractivity contribution in [3.8, 4) is 0 Å². The first-order valence-electron chi connectivity index (χ1n) is 7.43. The Morgan fingerprint density at radius 2 is 1.85 bits per heavy atom. The highest BCUT2D eigenvalue weighted by molar-refractivity contribution is 5.78. The summed E-state index contributed by atoms with van der Waals surface area (Å²) >= 11 is 0. The number of nitrogens with one attached hydrogen (secondary N) is 1. The average Bonchev–Trinajstić information content (AvgIpc) is 2.39. The lowest BCUT2D eigenvalue weighted by Gasteiger charge is -2.33. The number of nitrogens with zero attached hydrogens (tertiary/aromatic N) is 2. The molecule has 6 nitrogen and oxygen atoms in total. The Balaban J connectivity index is 2.18. The van der Waals surface area contributed by atoms with Crippen molar-refractivity contribution in [2.24, 2.45) is 5.92 Å². The van der Waals surface area contributed by atoms with Gasteiger partial charge in [0.2, 0.25) is 5.91 Å². The fraction of sp³-hybridized carbons (Fsp3) is 0.857. The van der Waals surface area contributed by atoms with Crippen molar-refractivity contribution in [1.29, 1.82) is 0 Å². The summed E-state index contributed by atoms with van der Waals surface area (Å²) in [6, 6.07) is 0. The minimum Gasteiger partial charge on any atom is -0.450 e. The minimum absolute atomic E-state index is 0.0650. The van der Waals surface area contributed by atoms with Gasteiger partial charge in [-0.05, 0) is 19.3 Å². The first-order chi connectivity index (χ1) is 9.52. The molecule has 1 heterocycles. The molecule has 0 aromatic rings. The number of carbonyl (C=O) groups is 2. The predicted octanol–water partition coefficient (Wildman–Crippen LogP) is 0.923. The normalized spacial score (nSPS) is 16.3. The van der Waals surface area contributed by atoms with Crippen molar-refractivity contribution in [3.63, 3.8) is 0 Å². The summed E-state index contributed by atoms with van der Waals surface area (Å²) in [7, 11) is 0. The molecule has 0 aromatic carbocycles. The van der Waals surface area contributed by atoms with Crippen LogP contribution in [0.1, 0.15) is 27.2 Å². The van der Waals surface area contributed by atoms with Crippen molar-refractivity contribution in [2.45, 2.75) is 27.2 Å². The fourth-order valence-corrected chi connectivity index (χ4v) is 2.06. The van der Waals surface area contributed by atoms with E-state index < -0.39 is 0 Å². The Hall–Kier alpha value is -1.30. The van der Waals surface area contributed by atoms with E-state index in [0.29, 0.717) is 32.2 Å². The maximum atomic E-state index is 11.8. The maximum Gasteiger partial charge on any atom is 0.409 e. The zero-order chi connectivity index (χ0) is 15.0. The molecule has 0 unspecified atom stereocenters. The molecule has 1 fully saturated rings. The SMILES string of the molecule is CCOC(=O)N1CCN(CC(=O)NCCC(C)C)CC1. The summed E-state index contributed by atoms with van der Waals surface area (Å²) < 4.78 is 4.96. The van der Waals surface area contributed by atoms with Crippen LogP contribution >= 0.6 is 0 Å². The number of carbonyl (C=O) groups excluding carboxylic acids is 2. The van der Waals surface area contributed by atoms with Gasteiger partial charge in [-0.25, -0.2) is 4.79 Å². The van der Waals surface area contributed by atoms with Crippen LogP contribution < -0.4 is 5.32 Å². The molecule has 116 valence electrons. The number of piperazine rings is 1. The van der Waals surface area contributed by atoms with Crippen molar-refractivity contribution in [3.05, 3.63) is 0 Å². The molecule has 1 N–H and O–H groups in total. The standard InChI is InChI=1S/C14H27N3O3/c1-4-20-14(19)17-9-7-16(8-10-17)11-13(18)15-6-5-12(2)3/h12H,4-11H2,1-3H3,(H,15,18). The number of rotatable bonds is 6. The van der Waals surface area contributed by atoms with E-state index in [0.717, 1.165) is 26.1 Å². The quantitative estimate of drug-likeness (QED) is 0.788. The monoisotopic (exact) mass is 285 g/mol. The Morgan fingerprint density at radius 1 is 1.20 bits per heavy atom. The number of ether oxygens (including phenoxy) is 1. The molecule has 20 heavy (non-hydrogen) atoms. The summed E-state index contributed by atoms with van der Waals surface area (Å²) in [6.45, 7) is 10.3. The minimum atomic E-state index is -0.256. The third-order valence-electron chi connectivity index (χ3n) is 3.31. The maximum absolute atomic E-state index is 11.8. The Kier molecular flexibility index (Phi) is 7.36. The molecule has 0 aromatic heterocycles. The molecule has 2 amide bonds. The predicted molar refractivity (Wildman–Crippen MR) is 77.5 cm³/mol. The molecule has 1 rings (SSSR count). The van der Waals surface area contributed by atoms with Gasteiger partial charge in [-0.15, -0.1) is 0 Å². The summed E-state index contributed by atoms with van der Waals surface area (Å²) in [5.41, 5.74) is 0. The second-order valence-electron chi connectivity index (χ2n) is 5.49. The van der Waals surface area contributed by atoms with E-state index in [-0.39, 0.29) is 12.0 Å². The molecule has 0 atom stereocenters. The first kappa shape index (κ1) is 16.8. The van der Waals surface area contributed by atoms with Gasteiger partial charge in [0, 0.05) is 32.7 Å². The van der Waals surface area contributed by atoms with E-state index in [4.69, 9.17) is 4.74 Å². The molecule has 1 aliphatic heterocycles. The number of hydrogen-bond acceptors (Lipinski definition) is 4. The van der Waals surface area contributed by atoms with Gasteiger partial charge < -0.3 is 15.0 Å². The Morgan fingerprint density at radius 3 is 2.40 bits per heavy atom. The highest BCUT2D eigenvalue weighted by atomic mass is 16.6. The van der Waals surface area contributed by atoms with Crippen molar-refractivity contribution < 1.29 is 14.3 Å². The second-order valence-corrected chi connectivity index (χ2v) is 5.49. The number of amides is 2. The Bertz CT molecular complexity index is 313. The van der Waals surface area contributed by atoms with E-state index in [1.807, 2.05) is 0 Å². The molecule has 1 aliphatic rings. The van der Waals surface area contributed by atoms with Gasteiger partial charge in [0.25, 0.3) is 0 Å². The molecule has 1 saturated heterocycles. The van der Waals surface area contributed by atoms with E-state index in [1.54, 1.807) is 11.8 Å². The van der Waals surface area contributed by atoms with Crippen LogP contribution in [0.25, 0.3) is 0 Å². The largest absolute Gasteiger partial charge is 0.450 e. The van der Waals surface area contributed by atoms with E-state index in [9.17, 15) is 9.59 Å². The van der Waals surface area contributed by atoms with Gasteiger partial charge in [0.1, 0.15) is 0 Å². The molecule has 0 bridgehead atoms. The highest BCUT2D eigenvalue weighted by Crippen LogP contribution is 2.03. The number of hydrogen-bond donors (Lipinski definition) is 1. The van der Waals surface area contributed by atoms with Crippen LogP contribution in [0, 0.1) is 5.92 Å². The molecule has 0 saturated carbocycles. The van der Waals surface area contributed by atoms with Gasteiger partial charge in [-0.3, -0.25) is 9.69 Å². The first-order valence-corrected chi connectivity index (χ1v) is 7.43. The lowest BCUT2D eigenvalue weighted by atomic mass is 10.1. The zero-order valence-corrected chi connectivity index (χ0v) is 12.9. The third kappa shape index (κ3) is 6.23. The Labute approximate surface area is 121 Å². The molecular formula is C14H27N3O3. The highest BCUT2D eigenvalue weighted by Gasteiger charge is 2.22. The fourth-order valence-electron chi connectivity index (χ4n) is 2.06. The van der Waals surface area contributed by atoms with Gasteiger partial charge in [0.05, 0.1) is 13.2 Å². The smallest absolute Gasteiger partial charge is 0.409 e. The van der Waals surface area contributed by atoms with Crippen molar-refractivity contribution in [1.82, 2.24) is 15.1 Å². The molecule has 0 aliphatic carbocycles. The van der Waals surface area contributed by atoms with Gasteiger partial charge in [-0.1, -0.05) is 13.8 Å². The molecular weight excluding hydrogens is 258 g/mol. The van der Waals surface area contributed by atoms with Crippen molar-refractivity contribution >= 4 is 12.0 Å². The molecule has 6 heteroatoms. The summed E-state index contributed by atoms with van der Waals surface area (Å²) in [5.74, 6) is 0.665. The third-order valence-corrected chi connectivity index (χ3v) is 3.31. The summed E-state index contributed by atoms with van der Waals surface area (Å²) in [6.07, 6.45) is 0.746. The van der Waals surface area contributed by atoms with Crippen LogP contribution in [0.2, 0.25) is 0 Å². The topological polar surface area (TPSA) is 61.9 Å².